The topological polar surface area (TPSA) is 104 Å². The molecule has 2 aromatic carbocycles. The van der Waals surface area contributed by atoms with Crippen LogP contribution in [0.25, 0.3) is 0 Å². The minimum Gasteiger partial charge on any atom is -0.494 e. The molecule has 0 aliphatic carbocycles. The second-order valence-electron chi connectivity index (χ2n) is 8.15. The van der Waals surface area contributed by atoms with Crippen molar-refractivity contribution in [3.05, 3.63) is 81.8 Å². The van der Waals surface area contributed by atoms with Crippen molar-refractivity contribution < 1.29 is 23.6 Å². The lowest BCUT2D eigenvalue weighted by atomic mass is 9.87. The number of benzene rings is 2. The van der Waals surface area contributed by atoms with Gasteiger partial charge in [-0.1, -0.05) is 32.9 Å². The zero-order chi connectivity index (χ0) is 23.3. The fourth-order valence-corrected chi connectivity index (χ4v) is 2.99. The zero-order valence-corrected chi connectivity index (χ0v) is 18.5. The predicted molar refractivity (Wildman–Crippen MR) is 120 cm³/mol. The van der Waals surface area contributed by atoms with Crippen molar-refractivity contribution in [3.63, 3.8) is 0 Å². The third-order valence-corrected chi connectivity index (χ3v) is 4.71. The molecule has 1 aromatic heterocycles. The summed E-state index contributed by atoms with van der Waals surface area (Å²) in [7, 11) is 0. The smallest absolute Gasteiger partial charge is 0.296 e. The maximum Gasteiger partial charge on any atom is 0.296 e. The number of hydrogen-bond donors (Lipinski definition) is 1. The molecule has 3 rings (SSSR count). The number of amides is 1. The number of anilines is 1. The summed E-state index contributed by atoms with van der Waals surface area (Å²) >= 11 is 0. The highest BCUT2D eigenvalue weighted by Crippen LogP contribution is 2.30. The third kappa shape index (κ3) is 5.66. The number of carbonyl (C=O) groups excluding carboxylic acids is 1. The molecule has 0 bridgehead atoms. The fourth-order valence-electron chi connectivity index (χ4n) is 2.99. The van der Waals surface area contributed by atoms with Gasteiger partial charge < -0.3 is 19.2 Å². The Kier molecular flexibility index (Phi) is 6.82. The molecular weight excluding hydrogens is 412 g/mol. The predicted octanol–water partition coefficient (Wildman–Crippen LogP) is 5.72. The Labute approximate surface area is 186 Å². The van der Waals surface area contributed by atoms with E-state index < -0.39 is 10.8 Å². The first kappa shape index (κ1) is 22.9. The molecule has 1 N–H and O–H groups in total. The van der Waals surface area contributed by atoms with Crippen molar-refractivity contribution in [1.29, 1.82) is 0 Å². The number of ether oxygens (including phenoxy) is 2. The number of furan rings is 1. The van der Waals surface area contributed by atoms with Gasteiger partial charge in [-0.2, -0.15) is 0 Å². The maximum absolute atomic E-state index is 12.5. The van der Waals surface area contributed by atoms with Crippen LogP contribution in [0.2, 0.25) is 0 Å². The highest BCUT2D eigenvalue weighted by Gasteiger charge is 2.20. The first-order valence-electron chi connectivity index (χ1n) is 10.2. The molecule has 0 unspecified atom stereocenters. The first-order valence-corrected chi connectivity index (χ1v) is 10.2. The Hall–Kier alpha value is -3.81. The van der Waals surface area contributed by atoms with Crippen LogP contribution in [0.15, 0.2) is 59.0 Å². The van der Waals surface area contributed by atoms with Crippen molar-refractivity contribution in [3.8, 4) is 11.5 Å². The van der Waals surface area contributed by atoms with Gasteiger partial charge in [0.2, 0.25) is 0 Å². The summed E-state index contributed by atoms with van der Waals surface area (Å²) in [5.74, 6) is 0.916. The van der Waals surface area contributed by atoms with Crippen molar-refractivity contribution in [2.24, 2.45) is 0 Å². The Morgan fingerprint density at radius 3 is 2.34 bits per heavy atom. The van der Waals surface area contributed by atoms with Gasteiger partial charge in [0.05, 0.1) is 17.6 Å². The van der Waals surface area contributed by atoms with E-state index in [-0.39, 0.29) is 29.2 Å². The normalized spacial score (nSPS) is 11.1. The first-order chi connectivity index (χ1) is 15.2. The molecule has 0 spiro atoms. The second kappa shape index (κ2) is 9.55. The van der Waals surface area contributed by atoms with Gasteiger partial charge in [-0.25, -0.2) is 0 Å². The van der Waals surface area contributed by atoms with Gasteiger partial charge in [-0.05, 0) is 54.3 Å². The Morgan fingerprint density at radius 2 is 1.72 bits per heavy atom. The van der Waals surface area contributed by atoms with Gasteiger partial charge >= 0.3 is 0 Å². The number of nitrogens with zero attached hydrogens (tertiary/aromatic N) is 1. The number of nitrogens with one attached hydrogen (secondary N) is 1. The zero-order valence-electron chi connectivity index (χ0n) is 18.5. The lowest BCUT2D eigenvalue weighted by molar-refractivity contribution is -0.384. The Bertz CT molecular complexity index is 1100. The van der Waals surface area contributed by atoms with E-state index in [1.807, 2.05) is 24.3 Å². The minimum atomic E-state index is -0.599. The molecule has 168 valence electrons. The molecule has 0 fully saturated rings. The fraction of sp³-hybridized carbons (Fsp3) is 0.292. The van der Waals surface area contributed by atoms with E-state index in [0.29, 0.717) is 23.9 Å². The van der Waals surface area contributed by atoms with Crippen LogP contribution < -0.4 is 14.8 Å². The number of carbonyl (C=O) groups is 1. The van der Waals surface area contributed by atoms with Crippen molar-refractivity contribution >= 4 is 17.3 Å². The molecule has 0 saturated carbocycles. The summed E-state index contributed by atoms with van der Waals surface area (Å²) in [6, 6.07) is 15.2. The van der Waals surface area contributed by atoms with E-state index in [1.54, 1.807) is 19.1 Å². The highest BCUT2D eigenvalue weighted by molar-refractivity contribution is 6.03. The maximum atomic E-state index is 12.5. The molecule has 0 saturated heterocycles. The standard InChI is InChI=1S/C24H26N2O6/c1-5-30-18-10-12-20(21(14-18)26(28)29)25-23(27)22-13-11-19(32-22)15-31-17-8-6-16(7-9-17)24(2,3)4/h6-14H,5,15H2,1-4H3,(H,25,27). The Morgan fingerprint density at radius 1 is 1.03 bits per heavy atom. The van der Waals surface area contributed by atoms with E-state index >= 15 is 0 Å². The molecular formula is C24H26N2O6. The van der Waals surface area contributed by atoms with Crippen LogP contribution in [0.1, 0.15) is 49.6 Å². The van der Waals surface area contributed by atoms with Gasteiger partial charge in [0, 0.05) is 0 Å². The van der Waals surface area contributed by atoms with Crippen molar-refractivity contribution in [2.45, 2.75) is 39.7 Å². The summed E-state index contributed by atoms with van der Waals surface area (Å²) in [6.45, 7) is 8.72. The van der Waals surface area contributed by atoms with Crippen LogP contribution in [0.3, 0.4) is 0 Å². The molecule has 1 heterocycles. The summed E-state index contributed by atoms with van der Waals surface area (Å²) in [5.41, 5.74) is 1.04. The van der Waals surface area contributed by atoms with Gasteiger partial charge in [-0.3, -0.25) is 14.9 Å². The molecule has 0 aliphatic heterocycles. The average molecular weight is 438 g/mol. The highest BCUT2D eigenvalue weighted by atomic mass is 16.6. The SMILES string of the molecule is CCOc1ccc(NC(=O)c2ccc(COc3ccc(C(C)(C)C)cc3)o2)c([N+](=O)[O-])c1. The van der Waals surface area contributed by atoms with Gasteiger partial charge in [0.15, 0.2) is 5.76 Å². The molecule has 8 nitrogen and oxygen atoms in total. The number of nitro benzene ring substituents is 1. The largest absolute Gasteiger partial charge is 0.494 e. The van der Waals surface area contributed by atoms with Crippen LogP contribution in [-0.2, 0) is 12.0 Å². The average Bonchev–Trinajstić information content (AvgIpc) is 3.22. The lowest BCUT2D eigenvalue weighted by Gasteiger charge is -2.19. The molecule has 1 amide bonds. The number of hydrogen-bond acceptors (Lipinski definition) is 6. The third-order valence-electron chi connectivity index (χ3n) is 4.71. The van der Waals surface area contributed by atoms with E-state index in [1.165, 1.54) is 23.8 Å². The number of rotatable bonds is 8. The molecule has 8 heteroatoms. The quantitative estimate of drug-likeness (QED) is 0.357. The van der Waals surface area contributed by atoms with Crippen molar-refractivity contribution in [1.82, 2.24) is 0 Å². The molecule has 32 heavy (non-hydrogen) atoms. The van der Waals surface area contributed by atoms with Crippen LogP contribution in [0.4, 0.5) is 11.4 Å². The van der Waals surface area contributed by atoms with Gasteiger partial charge in [-0.15, -0.1) is 0 Å². The van der Waals surface area contributed by atoms with E-state index in [2.05, 4.69) is 26.1 Å². The molecule has 0 radical (unpaired) electrons. The summed E-state index contributed by atoms with van der Waals surface area (Å²) < 4.78 is 16.6. The minimum absolute atomic E-state index is 0.0230. The van der Waals surface area contributed by atoms with Crippen LogP contribution in [0.5, 0.6) is 11.5 Å². The van der Waals surface area contributed by atoms with Crippen LogP contribution in [-0.4, -0.2) is 17.4 Å². The monoisotopic (exact) mass is 438 g/mol. The van der Waals surface area contributed by atoms with Gasteiger partial charge in [0.25, 0.3) is 11.6 Å². The molecule has 0 aliphatic rings. The Balaban J connectivity index is 1.64. The molecule has 3 aromatic rings. The van der Waals surface area contributed by atoms with Crippen LogP contribution in [0, 0.1) is 10.1 Å². The van der Waals surface area contributed by atoms with Crippen molar-refractivity contribution in [2.75, 3.05) is 11.9 Å². The number of nitro groups is 1. The van der Waals surface area contributed by atoms with E-state index in [4.69, 9.17) is 13.9 Å². The summed E-state index contributed by atoms with van der Waals surface area (Å²) in [6.07, 6.45) is 0. The second-order valence-corrected chi connectivity index (χ2v) is 8.15. The summed E-state index contributed by atoms with van der Waals surface area (Å²) in [5, 5.41) is 13.9. The van der Waals surface area contributed by atoms with E-state index in [0.717, 1.165) is 0 Å². The van der Waals surface area contributed by atoms with Gasteiger partial charge in [0.1, 0.15) is 29.6 Å². The molecule has 0 atom stereocenters. The lowest BCUT2D eigenvalue weighted by Crippen LogP contribution is -2.12. The summed E-state index contributed by atoms with van der Waals surface area (Å²) in [4.78, 5) is 23.3. The van der Waals surface area contributed by atoms with E-state index in [9.17, 15) is 14.9 Å². The van der Waals surface area contributed by atoms with Crippen LogP contribution >= 0.6 is 0 Å².